The van der Waals surface area contributed by atoms with E-state index in [1.54, 1.807) is 0 Å². The van der Waals surface area contributed by atoms with Crippen LogP contribution in [0.1, 0.15) is 52.6 Å². The van der Waals surface area contributed by atoms with Gasteiger partial charge in [0.1, 0.15) is 5.82 Å². The Bertz CT molecular complexity index is 1010. The van der Waals surface area contributed by atoms with Crippen LogP contribution in [0.5, 0.6) is 0 Å². The zero-order chi connectivity index (χ0) is 21.6. The highest BCUT2D eigenvalue weighted by Crippen LogP contribution is 2.18. The SMILES string of the molecule is Cc1nccn1Cc1cccc(CNC(=O)c2ccc(CN3CCCC(C)C3)cc2)c1. The molecule has 5 heteroatoms. The summed E-state index contributed by atoms with van der Waals surface area (Å²) in [5.41, 5.74) is 4.28. The Hall–Kier alpha value is -2.92. The number of nitrogens with one attached hydrogen (secondary N) is 1. The van der Waals surface area contributed by atoms with Gasteiger partial charge in [0.2, 0.25) is 0 Å². The molecule has 1 aromatic heterocycles. The average molecular weight is 417 g/mol. The Morgan fingerprint density at radius 1 is 1.10 bits per heavy atom. The molecule has 162 valence electrons. The number of carbonyl (C=O) groups is 1. The topological polar surface area (TPSA) is 50.2 Å². The van der Waals surface area contributed by atoms with Gasteiger partial charge in [-0.2, -0.15) is 0 Å². The number of hydrogen-bond donors (Lipinski definition) is 1. The van der Waals surface area contributed by atoms with Gasteiger partial charge in [0.25, 0.3) is 5.91 Å². The van der Waals surface area contributed by atoms with E-state index >= 15 is 0 Å². The van der Waals surface area contributed by atoms with E-state index in [2.05, 4.69) is 51.0 Å². The van der Waals surface area contributed by atoms with Gasteiger partial charge >= 0.3 is 0 Å². The van der Waals surface area contributed by atoms with Crippen molar-refractivity contribution in [2.75, 3.05) is 13.1 Å². The second kappa shape index (κ2) is 9.92. The van der Waals surface area contributed by atoms with Gasteiger partial charge in [0, 0.05) is 44.1 Å². The molecular formula is C26H32N4O. The van der Waals surface area contributed by atoms with Crippen molar-refractivity contribution in [2.45, 2.75) is 46.3 Å². The van der Waals surface area contributed by atoms with Gasteiger partial charge in [-0.3, -0.25) is 9.69 Å². The minimum absolute atomic E-state index is 0.0333. The Morgan fingerprint density at radius 3 is 2.65 bits per heavy atom. The summed E-state index contributed by atoms with van der Waals surface area (Å²) in [5, 5.41) is 3.05. The molecule has 1 N–H and O–H groups in total. The lowest BCUT2D eigenvalue weighted by Gasteiger charge is -2.30. The average Bonchev–Trinajstić information content (AvgIpc) is 3.17. The monoisotopic (exact) mass is 416 g/mol. The van der Waals surface area contributed by atoms with E-state index in [0.29, 0.717) is 12.1 Å². The second-order valence-electron chi connectivity index (χ2n) is 8.78. The van der Waals surface area contributed by atoms with Crippen molar-refractivity contribution in [1.29, 1.82) is 0 Å². The number of benzene rings is 2. The lowest BCUT2D eigenvalue weighted by molar-refractivity contribution is 0.0951. The van der Waals surface area contributed by atoms with Gasteiger partial charge in [0.05, 0.1) is 0 Å². The third kappa shape index (κ3) is 5.82. The van der Waals surface area contributed by atoms with Gasteiger partial charge in [-0.1, -0.05) is 43.3 Å². The normalized spacial score (nSPS) is 16.9. The van der Waals surface area contributed by atoms with Gasteiger partial charge in [0.15, 0.2) is 0 Å². The largest absolute Gasteiger partial charge is 0.348 e. The molecule has 1 amide bonds. The van der Waals surface area contributed by atoms with E-state index in [0.717, 1.165) is 30.4 Å². The minimum atomic E-state index is -0.0333. The number of piperidine rings is 1. The first-order valence-corrected chi connectivity index (χ1v) is 11.2. The number of likely N-dealkylation sites (tertiary alicyclic amines) is 1. The van der Waals surface area contributed by atoms with Gasteiger partial charge < -0.3 is 9.88 Å². The van der Waals surface area contributed by atoms with Crippen molar-refractivity contribution in [1.82, 2.24) is 19.8 Å². The van der Waals surface area contributed by atoms with Crippen LogP contribution >= 0.6 is 0 Å². The number of amides is 1. The van der Waals surface area contributed by atoms with E-state index < -0.39 is 0 Å². The van der Waals surface area contributed by atoms with Crippen molar-refractivity contribution >= 4 is 5.91 Å². The van der Waals surface area contributed by atoms with Crippen molar-refractivity contribution < 1.29 is 4.79 Å². The van der Waals surface area contributed by atoms with E-state index in [9.17, 15) is 4.79 Å². The van der Waals surface area contributed by atoms with Crippen molar-refractivity contribution in [3.63, 3.8) is 0 Å². The van der Waals surface area contributed by atoms with Gasteiger partial charge in [-0.25, -0.2) is 4.98 Å². The number of nitrogens with zero attached hydrogens (tertiary/aromatic N) is 3. The van der Waals surface area contributed by atoms with Crippen LogP contribution in [0, 0.1) is 12.8 Å². The summed E-state index contributed by atoms with van der Waals surface area (Å²) >= 11 is 0. The first-order chi connectivity index (χ1) is 15.1. The maximum absolute atomic E-state index is 12.6. The van der Waals surface area contributed by atoms with Crippen molar-refractivity contribution in [3.05, 3.63) is 89.0 Å². The molecule has 1 aliphatic heterocycles. The van der Waals surface area contributed by atoms with E-state index in [1.165, 1.54) is 37.1 Å². The number of aromatic nitrogens is 2. The molecule has 5 nitrogen and oxygen atoms in total. The standard InChI is InChI=1S/C26H32N4O/c1-20-5-4-13-29(17-20)18-22-8-10-25(11-9-22)26(31)28-16-23-6-3-7-24(15-23)19-30-14-12-27-21(30)2/h3,6-12,14-15,20H,4-5,13,16-19H2,1-2H3,(H,28,31). The van der Waals surface area contributed by atoms with E-state index in [1.807, 2.05) is 43.6 Å². The molecule has 0 aliphatic carbocycles. The van der Waals surface area contributed by atoms with Crippen LogP contribution in [0.2, 0.25) is 0 Å². The van der Waals surface area contributed by atoms with Crippen LogP contribution < -0.4 is 5.32 Å². The van der Waals surface area contributed by atoms with Crippen molar-refractivity contribution in [3.8, 4) is 0 Å². The molecule has 0 bridgehead atoms. The third-order valence-corrected chi connectivity index (χ3v) is 6.08. The molecule has 0 saturated carbocycles. The summed E-state index contributed by atoms with van der Waals surface area (Å²) in [7, 11) is 0. The van der Waals surface area contributed by atoms with Crippen LogP contribution in [0.4, 0.5) is 0 Å². The summed E-state index contributed by atoms with van der Waals surface area (Å²) in [6, 6.07) is 16.4. The first kappa shape index (κ1) is 21.3. The molecule has 31 heavy (non-hydrogen) atoms. The molecule has 2 heterocycles. The molecule has 4 rings (SSSR count). The maximum Gasteiger partial charge on any atom is 0.251 e. The number of aryl methyl sites for hydroxylation is 1. The smallest absolute Gasteiger partial charge is 0.251 e. The Morgan fingerprint density at radius 2 is 1.90 bits per heavy atom. The molecule has 1 saturated heterocycles. The Balaban J connectivity index is 1.30. The predicted molar refractivity (Wildman–Crippen MR) is 124 cm³/mol. The Kier molecular flexibility index (Phi) is 6.82. The molecule has 1 unspecified atom stereocenters. The zero-order valence-corrected chi connectivity index (χ0v) is 18.6. The highest BCUT2D eigenvalue weighted by Gasteiger charge is 2.16. The first-order valence-electron chi connectivity index (χ1n) is 11.2. The highest BCUT2D eigenvalue weighted by molar-refractivity contribution is 5.94. The molecule has 3 aromatic rings. The summed E-state index contributed by atoms with van der Waals surface area (Å²) in [6.07, 6.45) is 6.42. The molecule has 1 atom stereocenters. The molecule has 0 spiro atoms. The van der Waals surface area contributed by atoms with Crippen LogP contribution in [0.15, 0.2) is 60.9 Å². The number of imidazole rings is 1. The second-order valence-corrected chi connectivity index (χ2v) is 8.78. The fourth-order valence-electron chi connectivity index (χ4n) is 4.34. The minimum Gasteiger partial charge on any atom is -0.348 e. The molecule has 1 aliphatic rings. The van der Waals surface area contributed by atoms with Crippen LogP contribution in [0.3, 0.4) is 0 Å². The van der Waals surface area contributed by atoms with Gasteiger partial charge in [-0.05, 0) is 61.1 Å². The quantitative estimate of drug-likeness (QED) is 0.621. The summed E-state index contributed by atoms with van der Waals surface area (Å²) < 4.78 is 2.11. The lowest BCUT2D eigenvalue weighted by atomic mass is 9.99. The Labute approximate surface area is 185 Å². The van der Waals surface area contributed by atoms with Gasteiger partial charge in [-0.15, -0.1) is 0 Å². The van der Waals surface area contributed by atoms with E-state index in [-0.39, 0.29) is 5.91 Å². The zero-order valence-electron chi connectivity index (χ0n) is 18.6. The fraction of sp³-hybridized carbons (Fsp3) is 0.385. The predicted octanol–water partition coefficient (Wildman–Crippen LogP) is 4.40. The summed E-state index contributed by atoms with van der Waals surface area (Å²) in [6.45, 7) is 8.94. The van der Waals surface area contributed by atoms with Crippen molar-refractivity contribution in [2.24, 2.45) is 5.92 Å². The highest BCUT2D eigenvalue weighted by atomic mass is 16.1. The lowest BCUT2D eigenvalue weighted by Crippen LogP contribution is -2.33. The van der Waals surface area contributed by atoms with Crippen LogP contribution in [-0.2, 0) is 19.6 Å². The number of hydrogen-bond acceptors (Lipinski definition) is 3. The third-order valence-electron chi connectivity index (χ3n) is 6.08. The number of carbonyl (C=O) groups excluding carboxylic acids is 1. The fourth-order valence-corrected chi connectivity index (χ4v) is 4.34. The molecule has 1 fully saturated rings. The maximum atomic E-state index is 12.6. The molecular weight excluding hydrogens is 384 g/mol. The number of rotatable bonds is 7. The van der Waals surface area contributed by atoms with Crippen LogP contribution in [-0.4, -0.2) is 33.4 Å². The molecule has 0 radical (unpaired) electrons. The summed E-state index contributed by atoms with van der Waals surface area (Å²) in [5.74, 6) is 1.74. The van der Waals surface area contributed by atoms with Crippen LogP contribution in [0.25, 0.3) is 0 Å². The molecule has 2 aromatic carbocycles. The summed E-state index contributed by atoms with van der Waals surface area (Å²) in [4.78, 5) is 19.4. The van der Waals surface area contributed by atoms with E-state index in [4.69, 9.17) is 0 Å².